The predicted octanol–water partition coefficient (Wildman–Crippen LogP) is 3.38. The zero-order chi connectivity index (χ0) is 20.9. The van der Waals surface area contributed by atoms with Crippen molar-refractivity contribution in [2.75, 3.05) is 5.75 Å². The summed E-state index contributed by atoms with van der Waals surface area (Å²) in [5.41, 5.74) is 1.27. The summed E-state index contributed by atoms with van der Waals surface area (Å²) >= 11 is 1.21. The summed E-state index contributed by atoms with van der Waals surface area (Å²) in [6.45, 7) is 0. The van der Waals surface area contributed by atoms with Gasteiger partial charge in [-0.25, -0.2) is 9.78 Å². The van der Waals surface area contributed by atoms with Gasteiger partial charge in [-0.15, -0.1) is 0 Å². The number of imide groups is 1. The Morgan fingerprint density at radius 3 is 2.47 bits per heavy atom. The van der Waals surface area contributed by atoms with Gasteiger partial charge in [0.25, 0.3) is 5.91 Å². The molecule has 2 aromatic rings. The average molecular weight is 427 g/mol. The molecular formula is C22H26N4O3S. The summed E-state index contributed by atoms with van der Waals surface area (Å²) in [7, 11) is 0. The van der Waals surface area contributed by atoms with Gasteiger partial charge in [-0.2, -0.15) is 0 Å². The van der Waals surface area contributed by atoms with Gasteiger partial charge in [0, 0.05) is 17.5 Å². The first-order chi connectivity index (χ1) is 14.6. The van der Waals surface area contributed by atoms with Crippen LogP contribution in [-0.2, 0) is 4.79 Å². The number of hydrogen-bond donors (Lipinski definition) is 3. The smallest absolute Gasteiger partial charge is 0.321 e. The number of amides is 4. The number of aromatic nitrogens is 1. The fraction of sp³-hybridized carbons (Fsp3) is 0.455. The van der Waals surface area contributed by atoms with E-state index in [9.17, 15) is 14.4 Å². The van der Waals surface area contributed by atoms with E-state index in [1.54, 1.807) is 6.07 Å². The number of pyridine rings is 1. The summed E-state index contributed by atoms with van der Waals surface area (Å²) in [6, 6.07) is 9.16. The molecule has 4 rings (SSSR count). The van der Waals surface area contributed by atoms with Gasteiger partial charge in [0.05, 0.1) is 21.9 Å². The molecule has 2 fully saturated rings. The van der Waals surface area contributed by atoms with Crippen molar-refractivity contribution < 1.29 is 14.4 Å². The Kier molecular flexibility index (Phi) is 6.52. The zero-order valence-electron chi connectivity index (χ0n) is 16.8. The molecule has 30 heavy (non-hydrogen) atoms. The van der Waals surface area contributed by atoms with Crippen LogP contribution in [0.4, 0.5) is 4.79 Å². The van der Waals surface area contributed by atoms with E-state index < -0.39 is 6.03 Å². The van der Waals surface area contributed by atoms with Crippen LogP contribution in [0.15, 0.2) is 35.4 Å². The molecule has 0 saturated heterocycles. The highest BCUT2D eigenvalue weighted by Gasteiger charge is 2.25. The highest BCUT2D eigenvalue weighted by molar-refractivity contribution is 7.99. The molecule has 2 saturated carbocycles. The van der Waals surface area contributed by atoms with E-state index in [-0.39, 0.29) is 29.7 Å². The van der Waals surface area contributed by atoms with E-state index in [0.29, 0.717) is 16.1 Å². The van der Waals surface area contributed by atoms with Crippen LogP contribution in [0.25, 0.3) is 10.9 Å². The maximum atomic E-state index is 12.7. The third-order valence-electron chi connectivity index (χ3n) is 5.39. The van der Waals surface area contributed by atoms with E-state index in [2.05, 4.69) is 20.9 Å². The molecule has 2 aliphatic rings. The number of carbonyl (C=O) groups excluding carboxylic acids is 3. The van der Waals surface area contributed by atoms with Gasteiger partial charge >= 0.3 is 6.03 Å². The van der Waals surface area contributed by atoms with Crippen molar-refractivity contribution in [3.8, 4) is 0 Å². The molecule has 0 bridgehead atoms. The first kappa shape index (κ1) is 20.7. The van der Waals surface area contributed by atoms with E-state index in [4.69, 9.17) is 0 Å². The van der Waals surface area contributed by atoms with Crippen LogP contribution in [0, 0.1) is 0 Å². The molecule has 158 valence electrons. The number of para-hydroxylation sites is 1. The van der Waals surface area contributed by atoms with Gasteiger partial charge in [0.15, 0.2) is 0 Å². The van der Waals surface area contributed by atoms with E-state index in [1.807, 2.05) is 24.3 Å². The van der Waals surface area contributed by atoms with Crippen molar-refractivity contribution in [2.24, 2.45) is 0 Å². The number of carbonyl (C=O) groups is 3. The van der Waals surface area contributed by atoms with Gasteiger partial charge in [0.1, 0.15) is 0 Å². The van der Waals surface area contributed by atoms with E-state index in [0.717, 1.165) is 43.9 Å². The lowest BCUT2D eigenvalue weighted by atomic mass is 9.96. The Morgan fingerprint density at radius 2 is 1.70 bits per heavy atom. The van der Waals surface area contributed by atoms with Crippen LogP contribution in [0.3, 0.4) is 0 Å². The second kappa shape index (κ2) is 9.47. The van der Waals surface area contributed by atoms with Crippen molar-refractivity contribution in [2.45, 2.75) is 62.1 Å². The molecule has 4 amide bonds. The number of nitrogens with zero attached hydrogens (tertiary/aromatic N) is 1. The van der Waals surface area contributed by atoms with Crippen LogP contribution in [0.5, 0.6) is 0 Å². The van der Waals surface area contributed by atoms with E-state index >= 15 is 0 Å². The minimum Gasteiger partial charge on any atom is -0.349 e. The second-order valence-corrected chi connectivity index (χ2v) is 8.91. The molecule has 0 unspecified atom stereocenters. The fourth-order valence-corrected chi connectivity index (χ4v) is 4.39. The molecule has 1 aromatic heterocycles. The molecule has 0 spiro atoms. The molecule has 0 radical (unpaired) electrons. The summed E-state index contributed by atoms with van der Waals surface area (Å²) < 4.78 is 0. The van der Waals surface area contributed by atoms with Crippen LogP contribution in [0.1, 0.15) is 55.3 Å². The number of thioether (sulfide) groups is 1. The summed E-state index contributed by atoms with van der Waals surface area (Å²) in [4.78, 5) is 41.5. The van der Waals surface area contributed by atoms with Crippen molar-refractivity contribution in [1.82, 2.24) is 20.9 Å². The SMILES string of the molecule is O=C(CSc1cc(C(=O)NC2CC2)c2ccccc2n1)NC(=O)NC1CCCCC1. The average Bonchev–Trinajstić information content (AvgIpc) is 3.56. The Hall–Kier alpha value is -2.61. The molecule has 3 N–H and O–H groups in total. The Labute approximate surface area is 179 Å². The Balaban J connectivity index is 1.37. The van der Waals surface area contributed by atoms with Gasteiger partial charge < -0.3 is 10.6 Å². The highest BCUT2D eigenvalue weighted by atomic mass is 32.2. The normalized spacial score (nSPS) is 16.8. The maximum absolute atomic E-state index is 12.7. The summed E-state index contributed by atoms with van der Waals surface area (Å²) in [6.07, 6.45) is 7.37. The number of benzene rings is 1. The molecule has 1 aromatic carbocycles. The molecule has 1 heterocycles. The first-order valence-corrected chi connectivity index (χ1v) is 11.5. The van der Waals surface area contributed by atoms with Gasteiger partial charge in [-0.3, -0.25) is 14.9 Å². The second-order valence-electron chi connectivity index (χ2n) is 7.92. The van der Waals surface area contributed by atoms with Crippen molar-refractivity contribution in [3.63, 3.8) is 0 Å². The lowest BCUT2D eigenvalue weighted by Crippen LogP contribution is -2.45. The van der Waals surface area contributed by atoms with Crippen LogP contribution in [0.2, 0.25) is 0 Å². The molecule has 0 aliphatic heterocycles. The Bertz CT molecular complexity index is 955. The largest absolute Gasteiger partial charge is 0.349 e. The molecule has 2 aliphatic carbocycles. The third-order valence-corrected chi connectivity index (χ3v) is 6.31. The lowest BCUT2D eigenvalue weighted by molar-refractivity contribution is -0.117. The minimum absolute atomic E-state index is 0.0487. The zero-order valence-corrected chi connectivity index (χ0v) is 17.6. The third kappa shape index (κ3) is 5.50. The number of hydrogen-bond acceptors (Lipinski definition) is 5. The van der Waals surface area contributed by atoms with Crippen molar-refractivity contribution in [1.29, 1.82) is 0 Å². The van der Waals surface area contributed by atoms with E-state index in [1.165, 1.54) is 18.2 Å². The molecule has 8 heteroatoms. The van der Waals surface area contributed by atoms with Gasteiger partial charge in [-0.05, 0) is 37.8 Å². The summed E-state index contributed by atoms with van der Waals surface area (Å²) in [5, 5.41) is 9.64. The topological polar surface area (TPSA) is 100 Å². The maximum Gasteiger partial charge on any atom is 0.321 e. The predicted molar refractivity (Wildman–Crippen MR) is 117 cm³/mol. The van der Waals surface area contributed by atoms with Crippen molar-refractivity contribution in [3.05, 3.63) is 35.9 Å². The van der Waals surface area contributed by atoms with Crippen LogP contribution < -0.4 is 16.0 Å². The fourth-order valence-electron chi connectivity index (χ4n) is 3.67. The number of nitrogens with one attached hydrogen (secondary N) is 3. The number of urea groups is 1. The molecular weight excluding hydrogens is 400 g/mol. The minimum atomic E-state index is -0.441. The first-order valence-electron chi connectivity index (χ1n) is 10.5. The number of rotatable bonds is 6. The number of fused-ring (bicyclic) bond motifs is 1. The summed E-state index contributed by atoms with van der Waals surface area (Å²) in [5.74, 6) is -0.450. The molecule has 0 atom stereocenters. The molecule has 7 nitrogen and oxygen atoms in total. The lowest BCUT2D eigenvalue weighted by Gasteiger charge is -2.22. The quantitative estimate of drug-likeness (QED) is 0.615. The highest BCUT2D eigenvalue weighted by Crippen LogP contribution is 2.26. The van der Waals surface area contributed by atoms with Gasteiger partial charge in [-0.1, -0.05) is 49.2 Å². The monoisotopic (exact) mass is 426 g/mol. The van der Waals surface area contributed by atoms with Crippen LogP contribution in [-0.4, -0.2) is 40.7 Å². The van der Waals surface area contributed by atoms with Crippen molar-refractivity contribution >= 4 is 40.5 Å². The Morgan fingerprint density at radius 1 is 0.967 bits per heavy atom. The van der Waals surface area contributed by atoms with Crippen LogP contribution >= 0.6 is 11.8 Å². The standard InChI is InChI=1S/C22H26N4O3S/c27-19(26-22(29)24-14-6-2-1-3-7-14)13-30-20-12-17(21(28)23-15-10-11-15)16-8-4-5-9-18(16)25-20/h4-5,8-9,12,14-15H,1-3,6-7,10-11,13H2,(H,23,28)(H2,24,26,27,29). The van der Waals surface area contributed by atoms with Gasteiger partial charge in [0.2, 0.25) is 5.91 Å².